The first kappa shape index (κ1) is 20.1. The molecule has 2 heterocycles. The van der Waals surface area contributed by atoms with Crippen LogP contribution in [-0.4, -0.2) is 41.3 Å². The van der Waals surface area contributed by atoms with Gasteiger partial charge in [0.15, 0.2) is 0 Å². The number of likely N-dealkylation sites (tertiary alicyclic amines) is 1. The van der Waals surface area contributed by atoms with Crippen LogP contribution in [0.2, 0.25) is 0 Å². The Kier molecular flexibility index (Phi) is 6.12. The quantitative estimate of drug-likeness (QED) is 0.657. The maximum Gasteiger partial charge on any atom is 0.227 e. The lowest BCUT2D eigenvalue weighted by molar-refractivity contribution is -0.135. The van der Waals surface area contributed by atoms with Crippen molar-refractivity contribution in [1.82, 2.24) is 15.2 Å². The van der Waals surface area contributed by atoms with E-state index in [0.717, 1.165) is 29.3 Å². The van der Waals surface area contributed by atoms with Gasteiger partial charge in [-0.15, -0.1) is 0 Å². The smallest absolute Gasteiger partial charge is 0.227 e. The highest BCUT2D eigenvalue weighted by Gasteiger charge is 2.28. The van der Waals surface area contributed by atoms with Gasteiger partial charge in [-0.1, -0.05) is 36.4 Å². The zero-order valence-corrected chi connectivity index (χ0v) is 16.9. The Hall–Kier alpha value is -3.15. The summed E-state index contributed by atoms with van der Waals surface area (Å²) in [6, 6.07) is 14.5. The molecule has 1 atom stereocenters. The topological polar surface area (TPSA) is 65.2 Å². The van der Waals surface area contributed by atoms with Gasteiger partial charge < -0.3 is 15.2 Å². The highest BCUT2D eigenvalue weighted by atomic mass is 19.1. The number of halogens is 1. The lowest BCUT2D eigenvalue weighted by Crippen LogP contribution is -2.46. The number of hydrogen-bond donors (Lipinski definition) is 2. The highest BCUT2D eigenvalue weighted by Crippen LogP contribution is 2.21. The molecule has 1 fully saturated rings. The fraction of sp³-hybridized carbons (Fsp3) is 0.333. The molecule has 0 aliphatic carbocycles. The molecule has 1 aromatic heterocycles. The number of piperidine rings is 1. The number of fused-ring (bicyclic) bond motifs is 1. The van der Waals surface area contributed by atoms with Gasteiger partial charge >= 0.3 is 0 Å². The van der Waals surface area contributed by atoms with Crippen LogP contribution < -0.4 is 5.32 Å². The van der Waals surface area contributed by atoms with E-state index in [1.807, 2.05) is 30.5 Å². The van der Waals surface area contributed by atoms with E-state index in [1.54, 1.807) is 23.1 Å². The number of carbonyl (C=O) groups is 2. The molecule has 1 aliphatic heterocycles. The zero-order chi connectivity index (χ0) is 20.9. The first-order chi connectivity index (χ1) is 14.6. The molecule has 30 heavy (non-hydrogen) atoms. The predicted molar refractivity (Wildman–Crippen MR) is 114 cm³/mol. The van der Waals surface area contributed by atoms with Crippen molar-refractivity contribution < 1.29 is 14.0 Å². The van der Waals surface area contributed by atoms with Crippen LogP contribution in [0.25, 0.3) is 10.9 Å². The molecule has 5 nitrogen and oxygen atoms in total. The molecule has 2 aromatic carbocycles. The van der Waals surface area contributed by atoms with Crippen LogP contribution in [-0.2, 0) is 22.4 Å². The molecular formula is C24H26FN3O2. The van der Waals surface area contributed by atoms with E-state index in [9.17, 15) is 14.0 Å². The maximum atomic E-state index is 13.7. The molecule has 3 aromatic rings. The van der Waals surface area contributed by atoms with Crippen LogP contribution >= 0.6 is 0 Å². The number of nitrogens with one attached hydrogen (secondary N) is 2. The number of amides is 2. The second-order valence-corrected chi connectivity index (χ2v) is 7.85. The molecule has 0 radical (unpaired) electrons. The summed E-state index contributed by atoms with van der Waals surface area (Å²) in [4.78, 5) is 30.4. The summed E-state index contributed by atoms with van der Waals surface area (Å²) in [5.41, 5.74) is 2.59. The largest absolute Gasteiger partial charge is 0.361 e. The number of carbonyl (C=O) groups excluding carboxylic acids is 2. The van der Waals surface area contributed by atoms with Crippen molar-refractivity contribution >= 4 is 22.7 Å². The Morgan fingerprint density at radius 2 is 1.90 bits per heavy atom. The summed E-state index contributed by atoms with van der Waals surface area (Å²) in [5.74, 6) is -0.482. The van der Waals surface area contributed by atoms with Crippen molar-refractivity contribution in [3.63, 3.8) is 0 Å². The summed E-state index contributed by atoms with van der Waals surface area (Å²) in [6.45, 7) is 1.51. The van der Waals surface area contributed by atoms with Crippen molar-refractivity contribution in [2.24, 2.45) is 5.92 Å². The van der Waals surface area contributed by atoms with Crippen LogP contribution in [0.4, 0.5) is 4.39 Å². The number of benzene rings is 2. The summed E-state index contributed by atoms with van der Waals surface area (Å²) >= 11 is 0. The molecule has 2 amide bonds. The number of aromatic amines is 1. The van der Waals surface area contributed by atoms with Gasteiger partial charge in [0.2, 0.25) is 11.8 Å². The molecule has 0 spiro atoms. The summed E-state index contributed by atoms with van der Waals surface area (Å²) in [6.07, 6.45) is 4.24. The van der Waals surface area contributed by atoms with E-state index in [-0.39, 0.29) is 23.5 Å². The van der Waals surface area contributed by atoms with Crippen LogP contribution in [0.5, 0.6) is 0 Å². The lowest BCUT2D eigenvalue weighted by atomic mass is 9.96. The fourth-order valence-corrected chi connectivity index (χ4v) is 4.14. The molecule has 0 saturated carbocycles. The van der Waals surface area contributed by atoms with Crippen LogP contribution in [0, 0.1) is 11.7 Å². The monoisotopic (exact) mass is 407 g/mol. The molecule has 6 heteroatoms. The van der Waals surface area contributed by atoms with Gasteiger partial charge in [-0.3, -0.25) is 9.59 Å². The van der Waals surface area contributed by atoms with E-state index in [4.69, 9.17) is 0 Å². The van der Waals surface area contributed by atoms with Crippen molar-refractivity contribution in [3.05, 3.63) is 71.7 Å². The number of aromatic nitrogens is 1. The van der Waals surface area contributed by atoms with Crippen molar-refractivity contribution in [2.45, 2.75) is 25.7 Å². The van der Waals surface area contributed by atoms with Gasteiger partial charge in [0.25, 0.3) is 0 Å². The number of rotatable bonds is 6. The number of para-hydroxylation sites is 1. The van der Waals surface area contributed by atoms with E-state index < -0.39 is 0 Å². The summed E-state index contributed by atoms with van der Waals surface area (Å²) in [7, 11) is 0. The third-order valence-electron chi connectivity index (χ3n) is 5.81. The van der Waals surface area contributed by atoms with E-state index in [1.165, 1.54) is 6.07 Å². The van der Waals surface area contributed by atoms with Crippen molar-refractivity contribution in [3.8, 4) is 0 Å². The second kappa shape index (κ2) is 9.11. The van der Waals surface area contributed by atoms with E-state index in [0.29, 0.717) is 38.0 Å². The van der Waals surface area contributed by atoms with Gasteiger partial charge in [-0.25, -0.2) is 4.39 Å². The molecule has 4 rings (SSSR count). The maximum absolute atomic E-state index is 13.7. The Bertz CT molecular complexity index is 1050. The van der Waals surface area contributed by atoms with Gasteiger partial charge in [0.05, 0.1) is 12.3 Å². The summed E-state index contributed by atoms with van der Waals surface area (Å²) < 4.78 is 13.7. The predicted octanol–water partition coefficient (Wildman–Crippen LogP) is 3.45. The number of hydrogen-bond acceptors (Lipinski definition) is 2. The number of nitrogens with zero attached hydrogens (tertiary/aromatic N) is 1. The average molecular weight is 407 g/mol. The highest BCUT2D eigenvalue weighted by molar-refractivity contribution is 5.89. The molecule has 0 bridgehead atoms. The Labute approximate surface area is 175 Å². The molecule has 1 saturated heterocycles. The van der Waals surface area contributed by atoms with Crippen molar-refractivity contribution in [2.75, 3.05) is 19.6 Å². The molecule has 156 valence electrons. The SMILES string of the molecule is O=C(NCCc1ccccc1F)[C@@H]1CCCN(C(=O)Cc2c[nH]c3ccccc23)C1. The van der Waals surface area contributed by atoms with Crippen LogP contribution in [0.1, 0.15) is 24.0 Å². The van der Waals surface area contributed by atoms with Crippen LogP contribution in [0.3, 0.4) is 0 Å². The zero-order valence-electron chi connectivity index (χ0n) is 16.9. The summed E-state index contributed by atoms with van der Waals surface area (Å²) in [5, 5.41) is 3.97. The minimum atomic E-state index is -0.251. The standard InChI is InChI=1S/C24H26FN3O2/c25-21-9-3-1-6-17(21)11-12-26-24(30)18-7-5-13-28(16-18)23(29)14-19-15-27-22-10-4-2-8-20(19)22/h1-4,6,8-10,15,18,27H,5,7,11-14,16H2,(H,26,30)/t18-/m1/s1. The molecular weight excluding hydrogens is 381 g/mol. The van der Waals surface area contributed by atoms with Gasteiger partial charge in [-0.2, -0.15) is 0 Å². The second-order valence-electron chi connectivity index (χ2n) is 7.85. The van der Waals surface area contributed by atoms with Gasteiger partial charge in [0.1, 0.15) is 5.82 Å². The minimum absolute atomic E-state index is 0.0450. The Balaban J connectivity index is 1.30. The van der Waals surface area contributed by atoms with Crippen molar-refractivity contribution in [1.29, 1.82) is 0 Å². The van der Waals surface area contributed by atoms with Crippen LogP contribution in [0.15, 0.2) is 54.7 Å². The van der Waals surface area contributed by atoms with E-state index >= 15 is 0 Å². The first-order valence-electron chi connectivity index (χ1n) is 10.5. The van der Waals surface area contributed by atoms with E-state index in [2.05, 4.69) is 10.3 Å². The average Bonchev–Trinajstić information content (AvgIpc) is 3.18. The third-order valence-corrected chi connectivity index (χ3v) is 5.81. The fourth-order valence-electron chi connectivity index (χ4n) is 4.14. The molecule has 2 N–H and O–H groups in total. The van der Waals surface area contributed by atoms with Gasteiger partial charge in [-0.05, 0) is 42.5 Å². The number of H-pyrrole nitrogens is 1. The first-order valence-corrected chi connectivity index (χ1v) is 10.5. The minimum Gasteiger partial charge on any atom is -0.361 e. The molecule has 1 aliphatic rings. The Morgan fingerprint density at radius 1 is 1.10 bits per heavy atom. The normalized spacial score (nSPS) is 16.6. The molecule has 0 unspecified atom stereocenters. The van der Waals surface area contributed by atoms with Gasteiger partial charge in [0, 0.05) is 36.7 Å². The Morgan fingerprint density at radius 3 is 2.77 bits per heavy atom. The third kappa shape index (κ3) is 4.53. The lowest BCUT2D eigenvalue weighted by Gasteiger charge is -2.32.